The fraction of sp³-hybridized carbons (Fsp3) is 0.333. The van der Waals surface area contributed by atoms with Crippen LogP contribution in [0.3, 0.4) is 0 Å². The smallest absolute Gasteiger partial charge is 0.272 e. The summed E-state index contributed by atoms with van der Waals surface area (Å²) >= 11 is 0. The predicted octanol–water partition coefficient (Wildman–Crippen LogP) is 0.525. The first-order valence-electron chi connectivity index (χ1n) is 7.34. The van der Waals surface area contributed by atoms with Crippen LogP contribution in [0.1, 0.15) is 12.8 Å². The third-order valence-electron chi connectivity index (χ3n) is 4.01. The van der Waals surface area contributed by atoms with Gasteiger partial charge in [-0.2, -0.15) is 4.31 Å². The summed E-state index contributed by atoms with van der Waals surface area (Å²) in [4.78, 5) is 22.7. The van der Waals surface area contributed by atoms with E-state index in [0.29, 0.717) is 13.1 Å². The molecule has 0 aromatic heterocycles. The first-order valence-corrected chi connectivity index (χ1v) is 8.78. The van der Waals surface area contributed by atoms with Crippen molar-refractivity contribution in [1.29, 1.82) is 0 Å². The number of hydrogen-bond acceptors (Lipinski definition) is 7. The Bertz CT molecular complexity index is 953. The Morgan fingerprint density at radius 3 is 2.46 bits per heavy atom. The molecule has 1 aliphatic heterocycles. The van der Waals surface area contributed by atoms with E-state index in [9.17, 15) is 23.1 Å². The number of sulfonamides is 1. The van der Waals surface area contributed by atoms with E-state index >= 15 is 0 Å². The number of nitrogens with one attached hydrogen (secondary N) is 1. The summed E-state index contributed by atoms with van der Waals surface area (Å²) in [5.74, 6) is -0.647. The van der Waals surface area contributed by atoms with Crippen LogP contribution in [0.4, 0.5) is 11.4 Å². The summed E-state index contributed by atoms with van der Waals surface area (Å²) < 4.78 is 31.3. The SMILES string of the molecule is COc1c(Nc2cccc(S(=O)(=O)N3CCCC3)c2O)c(=O)c1=O. The molecule has 0 amide bonds. The van der Waals surface area contributed by atoms with Crippen LogP contribution < -0.4 is 20.9 Å². The fourth-order valence-electron chi connectivity index (χ4n) is 2.71. The van der Waals surface area contributed by atoms with Crippen molar-refractivity contribution in [3.63, 3.8) is 0 Å². The first kappa shape index (κ1) is 16.5. The molecule has 0 unspecified atom stereocenters. The van der Waals surface area contributed by atoms with Gasteiger partial charge in [0.25, 0.3) is 10.9 Å². The van der Waals surface area contributed by atoms with Crippen molar-refractivity contribution >= 4 is 21.4 Å². The Morgan fingerprint density at radius 2 is 1.83 bits per heavy atom. The van der Waals surface area contributed by atoms with Crippen molar-refractivity contribution in [3.8, 4) is 11.5 Å². The largest absolute Gasteiger partial charge is 0.504 e. The summed E-state index contributed by atoms with van der Waals surface area (Å²) in [5, 5.41) is 12.9. The first-order chi connectivity index (χ1) is 11.4. The molecule has 0 aliphatic carbocycles. The molecule has 1 aliphatic rings. The van der Waals surface area contributed by atoms with Crippen molar-refractivity contribution < 1.29 is 18.3 Å². The van der Waals surface area contributed by atoms with E-state index in [1.807, 2.05) is 0 Å². The van der Waals surface area contributed by atoms with Crippen LogP contribution in [0.25, 0.3) is 0 Å². The summed E-state index contributed by atoms with van der Waals surface area (Å²) in [6, 6.07) is 4.16. The molecule has 9 heteroatoms. The molecular weight excluding hydrogens is 336 g/mol. The monoisotopic (exact) mass is 352 g/mol. The molecule has 24 heavy (non-hydrogen) atoms. The highest BCUT2D eigenvalue weighted by atomic mass is 32.2. The van der Waals surface area contributed by atoms with Crippen LogP contribution in [-0.4, -0.2) is 38.0 Å². The molecule has 0 atom stereocenters. The van der Waals surface area contributed by atoms with E-state index in [1.165, 1.54) is 29.6 Å². The molecule has 3 rings (SSSR count). The highest BCUT2D eigenvalue weighted by molar-refractivity contribution is 7.89. The van der Waals surface area contributed by atoms with Crippen LogP contribution in [0, 0.1) is 0 Å². The van der Waals surface area contributed by atoms with E-state index in [1.54, 1.807) is 0 Å². The molecule has 0 bridgehead atoms. The van der Waals surface area contributed by atoms with Gasteiger partial charge in [0.05, 0.1) is 12.8 Å². The Labute approximate surface area is 138 Å². The maximum atomic E-state index is 12.6. The molecule has 8 nitrogen and oxygen atoms in total. The number of nitrogens with zero attached hydrogens (tertiary/aromatic N) is 1. The molecule has 0 radical (unpaired) electrons. The number of benzene rings is 1. The number of rotatable bonds is 5. The Hall–Kier alpha value is -2.39. The van der Waals surface area contributed by atoms with Crippen LogP contribution >= 0.6 is 0 Å². The van der Waals surface area contributed by atoms with Crippen LogP contribution in [0.5, 0.6) is 11.5 Å². The minimum absolute atomic E-state index is 0.0145. The van der Waals surface area contributed by atoms with Gasteiger partial charge in [-0.3, -0.25) is 9.59 Å². The molecule has 1 saturated heterocycles. The van der Waals surface area contributed by atoms with Crippen molar-refractivity contribution in [2.45, 2.75) is 17.7 Å². The average Bonchev–Trinajstić information content (AvgIpc) is 3.10. The van der Waals surface area contributed by atoms with Crippen molar-refractivity contribution in [2.24, 2.45) is 0 Å². The van der Waals surface area contributed by atoms with Crippen LogP contribution in [0.2, 0.25) is 0 Å². The summed E-state index contributed by atoms with van der Waals surface area (Å²) in [5.41, 5.74) is -1.63. The van der Waals surface area contributed by atoms with Crippen molar-refractivity contribution in [2.75, 3.05) is 25.5 Å². The van der Waals surface area contributed by atoms with Gasteiger partial charge in [-0.05, 0) is 25.0 Å². The van der Waals surface area contributed by atoms with E-state index in [0.717, 1.165) is 12.8 Å². The second-order valence-corrected chi connectivity index (χ2v) is 7.36. The van der Waals surface area contributed by atoms with Crippen molar-refractivity contribution in [3.05, 3.63) is 38.6 Å². The van der Waals surface area contributed by atoms with Gasteiger partial charge in [0.1, 0.15) is 10.6 Å². The van der Waals surface area contributed by atoms with Gasteiger partial charge in [-0.1, -0.05) is 6.07 Å². The normalized spacial score (nSPS) is 15.7. The van der Waals surface area contributed by atoms with Crippen molar-refractivity contribution in [1.82, 2.24) is 4.31 Å². The molecule has 0 saturated carbocycles. The van der Waals surface area contributed by atoms with E-state index in [2.05, 4.69) is 5.32 Å². The average molecular weight is 352 g/mol. The Balaban J connectivity index is 1.99. The quantitative estimate of drug-likeness (QED) is 0.596. The summed E-state index contributed by atoms with van der Waals surface area (Å²) in [6.07, 6.45) is 1.55. The lowest BCUT2D eigenvalue weighted by Crippen LogP contribution is -2.34. The maximum absolute atomic E-state index is 12.6. The molecule has 1 heterocycles. The van der Waals surface area contributed by atoms with E-state index < -0.39 is 26.6 Å². The Kier molecular flexibility index (Phi) is 4.06. The molecule has 2 N–H and O–H groups in total. The molecule has 128 valence electrons. The van der Waals surface area contributed by atoms with Gasteiger partial charge in [-0.15, -0.1) is 0 Å². The number of anilines is 2. The maximum Gasteiger partial charge on any atom is 0.272 e. The molecule has 0 spiro atoms. The van der Waals surface area contributed by atoms with Crippen LogP contribution in [-0.2, 0) is 10.0 Å². The zero-order chi connectivity index (χ0) is 17.5. The lowest BCUT2D eigenvalue weighted by molar-refractivity contribution is 0.408. The molecule has 2 aromatic rings. The summed E-state index contributed by atoms with van der Waals surface area (Å²) in [7, 11) is -2.57. The number of aromatic hydroxyl groups is 1. The highest BCUT2D eigenvalue weighted by Crippen LogP contribution is 2.36. The molecular formula is C15H16N2O6S. The second-order valence-electron chi connectivity index (χ2n) is 5.46. The third-order valence-corrected chi connectivity index (χ3v) is 5.94. The molecule has 1 fully saturated rings. The minimum Gasteiger partial charge on any atom is -0.504 e. The second kappa shape index (κ2) is 5.91. The topological polar surface area (TPSA) is 113 Å². The predicted molar refractivity (Wildman–Crippen MR) is 87.3 cm³/mol. The van der Waals surface area contributed by atoms with E-state index in [-0.39, 0.29) is 22.0 Å². The van der Waals surface area contributed by atoms with Gasteiger partial charge in [0.2, 0.25) is 10.0 Å². The third kappa shape index (κ3) is 2.45. The zero-order valence-corrected chi connectivity index (χ0v) is 13.7. The van der Waals surface area contributed by atoms with E-state index in [4.69, 9.17) is 4.74 Å². The number of hydrogen-bond donors (Lipinski definition) is 2. The number of phenolic OH excluding ortho intramolecular Hbond substituents is 1. The number of para-hydroxylation sites is 1. The Morgan fingerprint density at radius 1 is 1.17 bits per heavy atom. The van der Waals surface area contributed by atoms with Gasteiger partial charge in [0.15, 0.2) is 11.5 Å². The zero-order valence-electron chi connectivity index (χ0n) is 12.9. The fourth-order valence-corrected chi connectivity index (χ4v) is 4.33. The minimum atomic E-state index is -3.82. The van der Waals surface area contributed by atoms with Gasteiger partial charge in [0, 0.05) is 13.1 Å². The van der Waals surface area contributed by atoms with Gasteiger partial charge in [-0.25, -0.2) is 8.42 Å². The highest BCUT2D eigenvalue weighted by Gasteiger charge is 2.31. The number of phenols is 1. The van der Waals surface area contributed by atoms with Crippen LogP contribution in [0.15, 0.2) is 32.7 Å². The van der Waals surface area contributed by atoms with Gasteiger partial charge < -0.3 is 15.2 Å². The number of methoxy groups -OCH3 is 1. The van der Waals surface area contributed by atoms with Gasteiger partial charge >= 0.3 is 0 Å². The summed E-state index contributed by atoms with van der Waals surface area (Å²) in [6.45, 7) is 0.816. The number of ether oxygens (including phenoxy) is 1. The lowest BCUT2D eigenvalue weighted by Gasteiger charge is -2.18. The lowest BCUT2D eigenvalue weighted by atomic mass is 10.2. The molecule has 2 aromatic carbocycles. The standard InChI is InChI=1S/C15H16N2O6S/c1-23-15-11(13(19)14(15)20)16-9-5-4-6-10(12(9)18)24(21,22)17-7-2-3-8-17/h4-6,16,18H,2-3,7-8H2,1H3.